The first-order chi connectivity index (χ1) is 6.24. The monoisotopic (exact) mass is 182 g/mol. The second kappa shape index (κ2) is 3.41. The first-order valence-corrected chi connectivity index (χ1v) is 5.36. The number of rotatable bonds is 3. The van der Waals surface area contributed by atoms with E-state index in [0.717, 1.165) is 25.7 Å². The van der Waals surface area contributed by atoms with Gasteiger partial charge in [-0.05, 0) is 39.0 Å². The lowest BCUT2D eigenvalue weighted by Gasteiger charge is -2.38. The van der Waals surface area contributed by atoms with Gasteiger partial charge in [-0.2, -0.15) is 0 Å². The lowest BCUT2D eigenvalue weighted by Crippen LogP contribution is -2.34. The van der Waals surface area contributed by atoms with Crippen LogP contribution in [0.25, 0.3) is 0 Å². The summed E-state index contributed by atoms with van der Waals surface area (Å²) in [5.74, 6) is 0. The van der Waals surface area contributed by atoms with E-state index >= 15 is 0 Å². The van der Waals surface area contributed by atoms with E-state index < -0.39 is 0 Å². The van der Waals surface area contributed by atoms with E-state index in [2.05, 4.69) is 6.92 Å². The van der Waals surface area contributed by atoms with Crippen molar-refractivity contribution < 1.29 is 9.53 Å². The largest absolute Gasteiger partial charge is 0.375 e. The summed E-state index contributed by atoms with van der Waals surface area (Å²) in [4.78, 5) is 10.9. The average Bonchev–Trinajstić information content (AvgIpc) is 2.44. The number of hydrogen-bond acceptors (Lipinski definition) is 2. The van der Waals surface area contributed by atoms with Crippen LogP contribution in [-0.2, 0) is 9.53 Å². The molecule has 2 unspecified atom stereocenters. The van der Waals surface area contributed by atoms with E-state index in [-0.39, 0.29) is 5.41 Å². The van der Waals surface area contributed by atoms with Crippen molar-refractivity contribution >= 4 is 6.29 Å². The van der Waals surface area contributed by atoms with E-state index in [1.807, 2.05) is 0 Å². The molecular formula is C11H18O2. The molecule has 0 aromatic heterocycles. The van der Waals surface area contributed by atoms with Crippen LogP contribution in [0.2, 0.25) is 0 Å². The maximum atomic E-state index is 10.9. The second-order valence-corrected chi connectivity index (χ2v) is 4.68. The van der Waals surface area contributed by atoms with Crippen LogP contribution in [0.15, 0.2) is 0 Å². The third-order valence-corrected chi connectivity index (χ3v) is 3.55. The maximum Gasteiger partial charge on any atom is 0.126 e. The zero-order chi connectivity index (χ0) is 9.31. The van der Waals surface area contributed by atoms with Crippen molar-refractivity contribution in [3.63, 3.8) is 0 Å². The molecule has 13 heavy (non-hydrogen) atoms. The Morgan fingerprint density at radius 1 is 1.46 bits per heavy atom. The average molecular weight is 182 g/mol. The highest BCUT2D eigenvalue weighted by molar-refractivity contribution is 5.60. The highest BCUT2D eigenvalue weighted by Crippen LogP contribution is 2.44. The topological polar surface area (TPSA) is 26.3 Å². The van der Waals surface area contributed by atoms with Crippen molar-refractivity contribution in [3.05, 3.63) is 0 Å². The van der Waals surface area contributed by atoms with Gasteiger partial charge in [0.1, 0.15) is 6.29 Å². The van der Waals surface area contributed by atoms with Crippen LogP contribution in [0.5, 0.6) is 0 Å². The van der Waals surface area contributed by atoms with Crippen molar-refractivity contribution in [2.24, 2.45) is 5.41 Å². The van der Waals surface area contributed by atoms with E-state index in [1.165, 1.54) is 19.1 Å². The molecule has 0 radical (unpaired) electrons. The summed E-state index contributed by atoms with van der Waals surface area (Å²) in [6, 6.07) is 0. The van der Waals surface area contributed by atoms with Crippen molar-refractivity contribution in [2.45, 2.75) is 57.7 Å². The minimum Gasteiger partial charge on any atom is -0.375 e. The van der Waals surface area contributed by atoms with Crippen LogP contribution in [0, 0.1) is 5.41 Å². The number of carbonyl (C=O) groups excluding carboxylic acids is 1. The van der Waals surface area contributed by atoms with Gasteiger partial charge in [-0.25, -0.2) is 0 Å². The third-order valence-electron chi connectivity index (χ3n) is 3.55. The molecule has 1 saturated carbocycles. The Labute approximate surface area is 79.7 Å². The summed E-state index contributed by atoms with van der Waals surface area (Å²) in [5, 5.41) is 0. The zero-order valence-electron chi connectivity index (χ0n) is 8.29. The molecule has 1 heterocycles. The normalized spacial score (nSPS) is 37.0. The summed E-state index contributed by atoms with van der Waals surface area (Å²) in [6.45, 7) is 2.12. The summed E-state index contributed by atoms with van der Waals surface area (Å²) in [6.07, 6.45) is 8.63. The summed E-state index contributed by atoms with van der Waals surface area (Å²) in [7, 11) is 0. The van der Waals surface area contributed by atoms with E-state index in [4.69, 9.17) is 4.74 Å². The highest BCUT2D eigenvalue weighted by atomic mass is 16.5. The molecule has 2 atom stereocenters. The minimum absolute atomic E-state index is 0.00866. The highest BCUT2D eigenvalue weighted by Gasteiger charge is 2.40. The quantitative estimate of drug-likeness (QED) is 0.626. The molecule has 1 saturated heterocycles. The van der Waals surface area contributed by atoms with Gasteiger partial charge in [0.05, 0.1) is 12.2 Å². The smallest absolute Gasteiger partial charge is 0.126 e. The van der Waals surface area contributed by atoms with Crippen molar-refractivity contribution in [1.29, 1.82) is 0 Å². The number of hydrogen-bond donors (Lipinski definition) is 0. The third kappa shape index (κ3) is 1.78. The van der Waals surface area contributed by atoms with Gasteiger partial charge in [-0.15, -0.1) is 0 Å². The minimum atomic E-state index is 0.00866. The summed E-state index contributed by atoms with van der Waals surface area (Å²) in [5.41, 5.74) is 0.00866. The fraction of sp³-hybridized carbons (Fsp3) is 0.909. The Morgan fingerprint density at radius 2 is 2.23 bits per heavy atom. The zero-order valence-corrected chi connectivity index (χ0v) is 8.29. The van der Waals surface area contributed by atoms with Crippen molar-refractivity contribution in [3.8, 4) is 0 Å². The number of aldehydes is 1. The lowest BCUT2D eigenvalue weighted by atomic mass is 9.66. The first kappa shape index (κ1) is 9.20. The molecule has 0 aromatic carbocycles. The molecule has 0 aromatic rings. The van der Waals surface area contributed by atoms with Crippen LogP contribution in [0.1, 0.15) is 45.4 Å². The molecule has 74 valence electrons. The van der Waals surface area contributed by atoms with E-state index in [0.29, 0.717) is 12.2 Å². The first-order valence-electron chi connectivity index (χ1n) is 5.36. The van der Waals surface area contributed by atoms with Crippen LogP contribution in [0.4, 0.5) is 0 Å². The van der Waals surface area contributed by atoms with Gasteiger partial charge in [0.25, 0.3) is 0 Å². The Balaban J connectivity index is 1.86. The molecule has 2 nitrogen and oxygen atoms in total. The molecule has 2 rings (SSSR count). The molecule has 0 bridgehead atoms. The molecule has 0 N–H and O–H groups in total. The molecule has 1 aliphatic carbocycles. The molecule has 2 heteroatoms. The fourth-order valence-electron chi connectivity index (χ4n) is 2.49. The van der Waals surface area contributed by atoms with Crippen LogP contribution < -0.4 is 0 Å². The fourth-order valence-corrected chi connectivity index (χ4v) is 2.49. The van der Waals surface area contributed by atoms with Crippen LogP contribution in [0.3, 0.4) is 0 Å². The summed E-state index contributed by atoms with van der Waals surface area (Å²) < 4.78 is 5.74. The Bertz CT molecular complexity index is 196. The van der Waals surface area contributed by atoms with Gasteiger partial charge >= 0.3 is 0 Å². The van der Waals surface area contributed by atoms with Gasteiger partial charge in [-0.1, -0.05) is 6.42 Å². The SMILES string of the molecule is CC1CCC(CC2(C=O)CCC2)O1. The Kier molecular flexibility index (Phi) is 2.41. The van der Waals surface area contributed by atoms with E-state index in [1.54, 1.807) is 0 Å². The predicted molar refractivity (Wildman–Crippen MR) is 50.5 cm³/mol. The van der Waals surface area contributed by atoms with Crippen molar-refractivity contribution in [2.75, 3.05) is 0 Å². The molecule has 2 aliphatic rings. The molecular weight excluding hydrogens is 164 g/mol. The van der Waals surface area contributed by atoms with Gasteiger partial charge in [0, 0.05) is 5.41 Å². The molecule has 0 amide bonds. The van der Waals surface area contributed by atoms with Gasteiger partial charge < -0.3 is 9.53 Å². The second-order valence-electron chi connectivity index (χ2n) is 4.68. The van der Waals surface area contributed by atoms with Gasteiger partial charge in [0.2, 0.25) is 0 Å². The standard InChI is InChI=1S/C11H18O2/c1-9-3-4-10(13-9)7-11(8-12)5-2-6-11/h8-10H,2-7H2,1H3. The Hall–Kier alpha value is -0.370. The Morgan fingerprint density at radius 3 is 2.62 bits per heavy atom. The van der Waals surface area contributed by atoms with Crippen molar-refractivity contribution in [1.82, 2.24) is 0 Å². The van der Waals surface area contributed by atoms with Gasteiger partial charge in [-0.3, -0.25) is 0 Å². The summed E-state index contributed by atoms with van der Waals surface area (Å²) >= 11 is 0. The maximum absolute atomic E-state index is 10.9. The van der Waals surface area contributed by atoms with Crippen LogP contribution >= 0.6 is 0 Å². The molecule has 0 spiro atoms. The predicted octanol–water partition coefficient (Wildman–Crippen LogP) is 2.31. The molecule has 1 aliphatic heterocycles. The number of carbonyl (C=O) groups is 1. The lowest BCUT2D eigenvalue weighted by molar-refractivity contribution is -0.123. The van der Waals surface area contributed by atoms with Crippen LogP contribution in [-0.4, -0.2) is 18.5 Å². The van der Waals surface area contributed by atoms with E-state index in [9.17, 15) is 4.79 Å². The van der Waals surface area contributed by atoms with Gasteiger partial charge in [0.15, 0.2) is 0 Å². The number of ether oxygens (including phenoxy) is 1. The molecule has 2 fully saturated rings.